The summed E-state index contributed by atoms with van der Waals surface area (Å²) < 4.78 is 8.14. The van der Waals surface area contributed by atoms with Gasteiger partial charge in [-0.3, -0.25) is 4.79 Å². The Balaban J connectivity index is 1.35. The average Bonchev–Trinajstić information content (AvgIpc) is 3.36. The molecule has 162 valence electrons. The van der Waals surface area contributed by atoms with Crippen LogP contribution in [0.3, 0.4) is 0 Å². The lowest BCUT2D eigenvalue weighted by atomic mass is 10.1. The molecular weight excluding hydrogens is 422 g/mol. The average molecular weight is 446 g/mol. The zero-order valence-corrected chi connectivity index (χ0v) is 18.4. The van der Waals surface area contributed by atoms with E-state index in [1.165, 1.54) is 0 Å². The number of likely N-dealkylation sites (tertiary alicyclic amines) is 1. The van der Waals surface area contributed by atoms with Crippen LogP contribution in [0.25, 0.3) is 11.0 Å². The molecular formula is C26H24ClN3O2. The molecule has 4 aromatic rings. The second-order valence-electron chi connectivity index (χ2n) is 8.07. The predicted octanol–water partition coefficient (Wildman–Crippen LogP) is 5.28. The van der Waals surface area contributed by atoms with Crippen LogP contribution in [-0.4, -0.2) is 33.5 Å². The lowest BCUT2D eigenvalue weighted by Gasteiger charge is -2.17. The van der Waals surface area contributed by atoms with Crippen LogP contribution in [0, 0.1) is 0 Å². The number of fused-ring (bicyclic) bond motifs is 1. The van der Waals surface area contributed by atoms with E-state index in [0.29, 0.717) is 37.7 Å². The number of rotatable bonds is 7. The van der Waals surface area contributed by atoms with Crippen LogP contribution < -0.4 is 4.74 Å². The summed E-state index contributed by atoms with van der Waals surface area (Å²) in [5.41, 5.74) is 3.16. The summed E-state index contributed by atoms with van der Waals surface area (Å²) in [4.78, 5) is 19.6. The first-order chi connectivity index (χ1) is 15.7. The quantitative estimate of drug-likeness (QED) is 0.388. The van der Waals surface area contributed by atoms with Gasteiger partial charge < -0.3 is 14.2 Å². The number of carbonyl (C=O) groups is 1. The molecule has 0 radical (unpaired) electrons. The van der Waals surface area contributed by atoms with E-state index in [-0.39, 0.29) is 11.8 Å². The maximum Gasteiger partial charge on any atom is 0.223 e. The largest absolute Gasteiger partial charge is 0.492 e. The number of nitrogens with zero attached hydrogens (tertiary/aromatic N) is 3. The molecule has 0 saturated carbocycles. The minimum atomic E-state index is 0.0640. The molecule has 1 aromatic heterocycles. The Morgan fingerprint density at radius 1 is 0.969 bits per heavy atom. The Labute approximate surface area is 192 Å². The summed E-state index contributed by atoms with van der Waals surface area (Å²) in [5.74, 6) is 1.98. The van der Waals surface area contributed by atoms with Crippen molar-refractivity contribution in [2.75, 3.05) is 13.2 Å². The Morgan fingerprint density at radius 2 is 1.72 bits per heavy atom. The van der Waals surface area contributed by atoms with Gasteiger partial charge in [0.05, 0.1) is 17.6 Å². The zero-order chi connectivity index (χ0) is 21.9. The second-order valence-corrected chi connectivity index (χ2v) is 8.51. The molecule has 1 saturated heterocycles. The topological polar surface area (TPSA) is 47.4 Å². The molecule has 3 aromatic carbocycles. The number of para-hydroxylation sites is 2. The van der Waals surface area contributed by atoms with Crippen molar-refractivity contribution in [2.24, 2.45) is 0 Å². The van der Waals surface area contributed by atoms with Crippen molar-refractivity contribution in [3.8, 4) is 5.75 Å². The Kier molecular flexibility index (Phi) is 5.82. The van der Waals surface area contributed by atoms with E-state index in [4.69, 9.17) is 21.3 Å². The van der Waals surface area contributed by atoms with Crippen LogP contribution in [0.2, 0.25) is 5.02 Å². The van der Waals surface area contributed by atoms with Gasteiger partial charge in [-0.15, -0.1) is 0 Å². The number of aromatic nitrogens is 2. The molecule has 0 N–H and O–H groups in total. The molecule has 0 spiro atoms. The smallest absolute Gasteiger partial charge is 0.223 e. The third-order valence-electron chi connectivity index (χ3n) is 5.88. The van der Waals surface area contributed by atoms with Gasteiger partial charge in [-0.25, -0.2) is 4.98 Å². The molecule has 1 amide bonds. The fraction of sp³-hybridized carbons (Fsp3) is 0.231. The molecule has 0 aliphatic carbocycles. The summed E-state index contributed by atoms with van der Waals surface area (Å²) in [7, 11) is 0. The van der Waals surface area contributed by atoms with Crippen molar-refractivity contribution in [1.29, 1.82) is 0 Å². The van der Waals surface area contributed by atoms with Gasteiger partial charge in [-0.1, -0.05) is 54.1 Å². The molecule has 1 aliphatic rings. The molecule has 5 nitrogen and oxygen atoms in total. The first kappa shape index (κ1) is 20.6. The van der Waals surface area contributed by atoms with Gasteiger partial charge in [0.1, 0.15) is 18.2 Å². The number of hydrogen-bond donors (Lipinski definition) is 0. The highest BCUT2D eigenvalue weighted by Crippen LogP contribution is 2.31. The minimum Gasteiger partial charge on any atom is -0.492 e. The highest BCUT2D eigenvalue weighted by atomic mass is 35.5. The van der Waals surface area contributed by atoms with Crippen molar-refractivity contribution < 1.29 is 9.53 Å². The third-order valence-corrected chi connectivity index (χ3v) is 6.13. The van der Waals surface area contributed by atoms with Crippen LogP contribution in [-0.2, 0) is 17.9 Å². The first-order valence-corrected chi connectivity index (χ1v) is 11.2. The normalized spacial score (nSPS) is 16.1. The SMILES string of the molecule is O=C1C[C@@H](c2nc3ccccc3n2CCOc2ccc(Cl)cc2)CN1Cc1ccccc1. The van der Waals surface area contributed by atoms with Gasteiger partial charge in [-0.2, -0.15) is 0 Å². The Hall–Kier alpha value is -3.31. The lowest BCUT2D eigenvalue weighted by molar-refractivity contribution is -0.128. The van der Waals surface area contributed by atoms with Crippen LogP contribution in [0.15, 0.2) is 78.9 Å². The van der Waals surface area contributed by atoms with Crippen LogP contribution in [0.5, 0.6) is 5.75 Å². The fourth-order valence-electron chi connectivity index (χ4n) is 4.33. The van der Waals surface area contributed by atoms with E-state index in [1.807, 2.05) is 65.6 Å². The van der Waals surface area contributed by atoms with Crippen molar-refractivity contribution >= 4 is 28.5 Å². The van der Waals surface area contributed by atoms with Crippen LogP contribution in [0.1, 0.15) is 23.7 Å². The maximum atomic E-state index is 12.8. The van der Waals surface area contributed by atoms with Gasteiger partial charge in [0.25, 0.3) is 0 Å². The summed E-state index contributed by atoms with van der Waals surface area (Å²) in [5, 5.41) is 0.686. The Bertz CT molecular complexity index is 1220. The highest BCUT2D eigenvalue weighted by Gasteiger charge is 2.33. The van der Waals surface area contributed by atoms with Gasteiger partial charge in [0.15, 0.2) is 0 Å². The van der Waals surface area contributed by atoms with Crippen molar-refractivity contribution in [3.05, 3.63) is 95.3 Å². The molecule has 1 aliphatic heterocycles. The molecule has 5 rings (SSSR count). The molecule has 6 heteroatoms. The van der Waals surface area contributed by atoms with E-state index >= 15 is 0 Å². The highest BCUT2D eigenvalue weighted by molar-refractivity contribution is 6.30. The standard InChI is InChI=1S/C26H24ClN3O2/c27-21-10-12-22(13-11-21)32-15-14-30-24-9-5-4-8-23(24)28-26(30)20-16-25(31)29(18-20)17-19-6-2-1-3-7-19/h1-13,20H,14-18H2/t20-/m1/s1. The number of hydrogen-bond acceptors (Lipinski definition) is 3. The van der Waals surface area contributed by atoms with Crippen molar-refractivity contribution in [3.63, 3.8) is 0 Å². The zero-order valence-electron chi connectivity index (χ0n) is 17.7. The Morgan fingerprint density at radius 3 is 2.53 bits per heavy atom. The summed E-state index contributed by atoms with van der Waals surface area (Å²) >= 11 is 5.96. The van der Waals surface area contributed by atoms with Crippen LogP contribution in [0.4, 0.5) is 0 Å². The number of amides is 1. The van der Waals surface area contributed by atoms with Gasteiger partial charge >= 0.3 is 0 Å². The summed E-state index contributed by atoms with van der Waals surface area (Å²) in [6.45, 7) is 2.47. The molecule has 2 heterocycles. The minimum absolute atomic E-state index is 0.0640. The van der Waals surface area contributed by atoms with Crippen molar-refractivity contribution in [2.45, 2.75) is 25.4 Å². The monoisotopic (exact) mass is 445 g/mol. The lowest BCUT2D eigenvalue weighted by Crippen LogP contribution is -2.24. The van der Waals surface area contributed by atoms with E-state index in [0.717, 1.165) is 28.2 Å². The number of imidazole rings is 1. The number of carbonyl (C=O) groups excluding carboxylic acids is 1. The van der Waals surface area contributed by atoms with Gasteiger partial charge in [0, 0.05) is 30.5 Å². The first-order valence-electron chi connectivity index (χ1n) is 10.8. The van der Waals surface area contributed by atoms with E-state index in [1.54, 1.807) is 0 Å². The summed E-state index contributed by atoms with van der Waals surface area (Å²) in [6.07, 6.45) is 0.480. The number of benzene rings is 3. The second kappa shape index (κ2) is 9.05. The predicted molar refractivity (Wildman–Crippen MR) is 126 cm³/mol. The number of ether oxygens (including phenoxy) is 1. The van der Waals surface area contributed by atoms with Crippen molar-refractivity contribution in [1.82, 2.24) is 14.5 Å². The fourth-order valence-corrected chi connectivity index (χ4v) is 4.45. The van der Waals surface area contributed by atoms with E-state index in [2.05, 4.69) is 22.8 Å². The van der Waals surface area contributed by atoms with Gasteiger partial charge in [-0.05, 0) is 42.0 Å². The number of halogens is 1. The molecule has 1 fully saturated rings. The third kappa shape index (κ3) is 4.34. The van der Waals surface area contributed by atoms with Crippen LogP contribution >= 0.6 is 11.6 Å². The summed E-state index contributed by atoms with van der Waals surface area (Å²) in [6, 6.07) is 25.6. The molecule has 32 heavy (non-hydrogen) atoms. The van der Waals surface area contributed by atoms with E-state index < -0.39 is 0 Å². The molecule has 1 atom stereocenters. The molecule has 0 bridgehead atoms. The van der Waals surface area contributed by atoms with Gasteiger partial charge in [0.2, 0.25) is 5.91 Å². The van der Waals surface area contributed by atoms with E-state index in [9.17, 15) is 4.79 Å². The maximum absolute atomic E-state index is 12.8. The molecule has 0 unspecified atom stereocenters.